The Balaban J connectivity index is 1.91. The van der Waals surface area contributed by atoms with Crippen LogP contribution in [-0.4, -0.2) is 61.3 Å². The summed E-state index contributed by atoms with van der Waals surface area (Å²) in [6, 6.07) is 7.17. The zero-order valence-electron chi connectivity index (χ0n) is 16.8. The van der Waals surface area contributed by atoms with Gasteiger partial charge in [-0.05, 0) is 19.1 Å². The van der Waals surface area contributed by atoms with Crippen LogP contribution in [-0.2, 0) is 16.0 Å². The number of hydrogen-bond acceptors (Lipinski definition) is 6. The van der Waals surface area contributed by atoms with Crippen LogP contribution in [0.4, 0.5) is 5.69 Å². The Morgan fingerprint density at radius 2 is 1.93 bits per heavy atom. The highest BCUT2D eigenvalue weighted by Crippen LogP contribution is 2.30. The SMILES string of the molecule is COCCN(CCOC)Cc1c(C(=O)Nc2ccccc2Cl)[nH]c2nc(C)sc12. The molecule has 1 aromatic carbocycles. The lowest BCUT2D eigenvalue weighted by atomic mass is 10.2. The summed E-state index contributed by atoms with van der Waals surface area (Å²) in [6.45, 7) is 5.20. The average molecular weight is 437 g/mol. The van der Waals surface area contributed by atoms with Crippen LogP contribution < -0.4 is 5.32 Å². The largest absolute Gasteiger partial charge is 0.383 e. The van der Waals surface area contributed by atoms with Crippen molar-refractivity contribution >= 4 is 44.9 Å². The Morgan fingerprint density at radius 1 is 1.24 bits per heavy atom. The van der Waals surface area contributed by atoms with Gasteiger partial charge in [0.1, 0.15) is 11.3 Å². The van der Waals surface area contributed by atoms with E-state index in [0.717, 1.165) is 34.0 Å². The molecule has 0 aliphatic heterocycles. The number of aryl methyl sites for hydroxylation is 1. The van der Waals surface area contributed by atoms with E-state index in [1.165, 1.54) is 0 Å². The third-order valence-electron chi connectivity index (χ3n) is 4.51. The van der Waals surface area contributed by atoms with Crippen LogP contribution in [0.3, 0.4) is 0 Å². The van der Waals surface area contributed by atoms with Crippen molar-refractivity contribution in [1.29, 1.82) is 0 Å². The van der Waals surface area contributed by atoms with Crippen LogP contribution in [0.1, 0.15) is 21.1 Å². The van der Waals surface area contributed by atoms with Crippen molar-refractivity contribution in [2.24, 2.45) is 0 Å². The lowest BCUT2D eigenvalue weighted by Gasteiger charge is -2.21. The van der Waals surface area contributed by atoms with E-state index in [0.29, 0.717) is 36.2 Å². The number of rotatable bonds is 10. The van der Waals surface area contributed by atoms with E-state index in [2.05, 4.69) is 20.2 Å². The lowest BCUT2D eigenvalue weighted by Crippen LogP contribution is -2.31. The van der Waals surface area contributed by atoms with Crippen LogP contribution >= 0.6 is 22.9 Å². The summed E-state index contributed by atoms with van der Waals surface area (Å²) in [5, 5.41) is 4.34. The zero-order chi connectivity index (χ0) is 20.8. The van der Waals surface area contributed by atoms with Gasteiger partial charge in [0.2, 0.25) is 0 Å². The molecule has 0 atom stereocenters. The minimum atomic E-state index is -0.241. The predicted octanol–water partition coefficient (Wildman–Crippen LogP) is 3.93. The number of halogens is 1. The normalized spacial score (nSPS) is 11.5. The fourth-order valence-electron chi connectivity index (χ4n) is 3.05. The highest BCUT2D eigenvalue weighted by atomic mass is 35.5. The molecule has 0 aliphatic rings. The maximum absolute atomic E-state index is 13.1. The maximum atomic E-state index is 13.1. The molecule has 0 saturated heterocycles. The van der Waals surface area contributed by atoms with Crippen LogP contribution in [0.5, 0.6) is 0 Å². The molecule has 0 radical (unpaired) electrons. The van der Waals surface area contributed by atoms with Crippen molar-refractivity contribution in [1.82, 2.24) is 14.9 Å². The first kappa shape index (κ1) is 21.7. The smallest absolute Gasteiger partial charge is 0.272 e. The maximum Gasteiger partial charge on any atom is 0.272 e. The van der Waals surface area contributed by atoms with Gasteiger partial charge in [-0.25, -0.2) is 4.98 Å². The number of benzene rings is 1. The molecule has 0 aliphatic carbocycles. The number of ether oxygens (including phenoxy) is 2. The standard InChI is InChI=1S/C20H25ClN4O3S/c1-13-22-19-18(29-13)14(12-25(8-10-27-2)9-11-28-3)17(24-19)20(26)23-16-7-5-4-6-15(16)21/h4-7,24H,8-12H2,1-3H3,(H,23,26). The van der Waals surface area contributed by atoms with Gasteiger partial charge in [-0.1, -0.05) is 23.7 Å². The molecule has 0 fully saturated rings. The summed E-state index contributed by atoms with van der Waals surface area (Å²) in [4.78, 5) is 23.0. The van der Waals surface area contributed by atoms with Crippen molar-refractivity contribution < 1.29 is 14.3 Å². The van der Waals surface area contributed by atoms with E-state index in [1.807, 2.05) is 19.1 Å². The van der Waals surface area contributed by atoms with E-state index >= 15 is 0 Å². The highest BCUT2D eigenvalue weighted by Gasteiger charge is 2.23. The predicted molar refractivity (Wildman–Crippen MR) is 117 cm³/mol. The van der Waals surface area contributed by atoms with Crippen LogP contribution in [0.25, 0.3) is 10.3 Å². The van der Waals surface area contributed by atoms with Gasteiger partial charge in [0.25, 0.3) is 5.91 Å². The molecule has 7 nitrogen and oxygen atoms in total. The van der Waals surface area contributed by atoms with Gasteiger partial charge in [-0.15, -0.1) is 11.3 Å². The summed E-state index contributed by atoms with van der Waals surface area (Å²) in [6.07, 6.45) is 0. The molecule has 3 aromatic rings. The van der Waals surface area contributed by atoms with Gasteiger partial charge in [0.15, 0.2) is 0 Å². The molecule has 0 bridgehead atoms. The van der Waals surface area contributed by atoms with E-state index in [-0.39, 0.29) is 5.91 Å². The number of amides is 1. The molecular formula is C20H25ClN4O3S. The molecular weight excluding hydrogens is 412 g/mol. The Bertz CT molecular complexity index is 964. The molecule has 1 amide bonds. The number of para-hydroxylation sites is 1. The van der Waals surface area contributed by atoms with Crippen LogP contribution in [0.2, 0.25) is 5.02 Å². The fourth-order valence-corrected chi connectivity index (χ4v) is 4.15. The molecule has 0 unspecified atom stereocenters. The molecule has 2 N–H and O–H groups in total. The monoisotopic (exact) mass is 436 g/mol. The molecule has 29 heavy (non-hydrogen) atoms. The number of H-pyrrole nitrogens is 1. The number of aromatic amines is 1. The van der Waals surface area contributed by atoms with Gasteiger partial charge in [0.05, 0.1) is 33.6 Å². The van der Waals surface area contributed by atoms with Gasteiger partial charge >= 0.3 is 0 Å². The first-order valence-corrected chi connectivity index (χ1v) is 10.5. The summed E-state index contributed by atoms with van der Waals surface area (Å²) in [5.41, 5.74) is 2.72. The van der Waals surface area contributed by atoms with E-state index in [9.17, 15) is 4.79 Å². The van der Waals surface area contributed by atoms with Gasteiger partial charge < -0.3 is 19.8 Å². The summed E-state index contributed by atoms with van der Waals surface area (Å²) >= 11 is 7.78. The van der Waals surface area contributed by atoms with Crippen LogP contribution in [0, 0.1) is 6.92 Å². The zero-order valence-corrected chi connectivity index (χ0v) is 18.3. The minimum Gasteiger partial charge on any atom is -0.383 e. The first-order chi connectivity index (χ1) is 14.0. The van der Waals surface area contributed by atoms with E-state index < -0.39 is 0 Å². The van der Waals surface area contributed by atoms with Crippen molar-refractivity contribution in [3.8, 4) is 0 Å². The molecule has 0 spiro atoms. The third kappa shape index (κ3) is 5.34. The van der Waals surface area contributed by atoms with Gasteiger partial charge in [-0.3, -0.25) is 9.69 Å². The lowest BCUT2D eigenvalue weighted by molar-refractivity contribution is 0.101. The van der Waals surface area contributed by atoms with Gasteiger partial charge in [-0.2, -0.15) is 0 Å². The average Bonchev–Trinajstić information content (AvgIpc) is 3.22. The molecule has 156 valence electrons. The Labute approximate surface area is 179 Å². The number of thiazole rings is 1. The van der Waals surface area contributed by atoms with Crippen molar-refractivity contribution in [3.63, 3.8) is 0 Å². The topological polar surface area (TPSA) is 79.5 Å². The summed E-state index contributed by atoms with van der Waals surface area (Å²) in [7, 11) is 3.36. The number of nitrogens with zero attached hydrogens (tertiary/aromatic N) is 2. The first-order valence-electron chi connectivity index (χ1n) is 9.27. The molecule has 3 rings (SSSR count). The minimum absolute atomic E-state index is 0.241. The van der Waals surface area contributed by atoms with Crippen LogP contribution in [0.15, 0.2) is 24.3 Å². The van der Waals surface area contributed by atoms with E-state index in [1.54, 1.807) is 37.7 Å². The summed E-state index contributed by atoms with van der Waals surface area (Å²) < 4.78 is 11.5. The molecule has 2 heterocycles. The molecule has 2 aromatic heterocycles. The Morgan fingerprint density at radius 3 is 2.59 bits per heavy atom. The third-order valence-corrected chi connectivity index (χ3v) is 5.87. The second-order valence-electron chi connectivity index (χ2n) is 6.58. The number of carbonyl (C=O) groups is 1. The van der Waals surface area contributed by atoms with Crippen molar-refractivity contribution in [2.75, 3.05) is 45.8 Å². The number of fused-ring (bicyclic) bond motifs is 1. The number of anilines is 1. The Hall–Kier alpha value is -1.97. The molecule has 9 heteroatoms. The Kier molecular flexibility index (Phi) is 7.63. The second-order valence-corrected chi connectivity index (χ2v) is 8.20. The number of aromatic nitrogens is 2. The number of nitrogens with one attached hydrogen (secondary N) is 2. The van der Waals surface area contributed by atoms with Gasteiger partial charge in [0, 0.05) is 39.4 Å². The fraction of sp³-hybridized carbons (Fsp3) is 0.400. The summed E-state index contributed by atoms with van der Waals surface area (Å²) in [5.74, 6) is -0.241. The quantitative estimate of drug-likeness (QED) is 0.503. The van der Waals surface area contributed by atoms with E-state index in [4.69, 9.17) is 21.1 Å². The second kappa shape index (κ2) is 10.2. The highest BCUT2D eigenvalue weighted by molar-refractivity contribution is 7.18. The number of methoxy groups -OCH3 is 2. The number of carbonyl (C=O) groups excluding carboxylic acids is 1. The van der Waals surface area contributed by atoms with Crippen molar-refractivity contribution in [3.05, 3.63) is 45.6 Å². The van der Waals surface area contributed by atoms with Crippen molar-refractivity contribution in [2.45, 2.75) is 13.5 Å². The molecule has 0 saturated carbocycles. The number of hydrogen-bond donors (Lipinski definition) is 2.